The molecular weight excluding hydrogens is 278 g/mol. The Morgan fingerprint density at radius 3 is 2.82 bits per heavy atom. The fraction of sp³-hybridized carbons (Fsp3) is 0.571. The molecule has 0 heterocycles. The van der Waals surface area contributed by atoms with E-state index in [0.29, 0.717) is 5.92 Å². The van der Waals surface area contributed by atoms with Gasteiger partial charge in [-0.25, -0.2) is 0 Å². The number of unbranched alkanes of at least 4 members (excludes halogenated alkanes) is 1. The Morgan fingerprint density at radius 1 is 1.35 bits per heavy atom. The molecular formula is C14H22BrNO. The van der Waals surface area contributed by atoms with Gasteiger partial charge in [-0.15, -0.1) is 0 Å². The summed E-state index contributed by atoms with van der Waals surface area (Å²) < 4.78 is 6.25. The molecule has 0 fully saturated rings. The molecule has 0 spiro atoms. The van der Waals surface area contributed by atoms with Crippen LogP contribution in [0, 0.1) is 0 Å². The Balaban J connectivity index is 2.52. The SMILES string of the molecule is CNCC(CCCCOC)c1cccc(Br)c1. The maximum Gasteiger partial charge on any atom is 0.0462 e. The summed E-state index contributed by atoms with van der Waals surface area (Å²) >= 11 is 3.53. The lowest BCUT2D eigenvalue weighted by molar-refractivity contribution is 0.191. The van der Waals surface area contributed by atoms with Gasteiger partial charge < -0.3 is 10.1 Å². The predicted molar refractivity (Wildman–Crippen MR) is 76.5 cm³/mol. The van der Waals surface area contributed by atoms with Gasteiger partial charge in [0.25, 0.3) is 0 Å². The normalized spacial score (nSPS) is 12.6. The van der Waals surface area contributed by atoms with E-state index in [1.807, 2.05) is 7.05 Å². The Bertz CT molecular complexity index is 317. The highest BCUT2D eigenvalue weighted by molar-refractivity contribution is 9.10. The van der Waals surface area contributed by atoms with Crippen LogP contribution in [0.1, 0.15) is 30.7 Å². The summed E-state index contributed by atoms with van der Waals surface area (Å²) in [5.41, 5.74) is 1.41. The second-order valence-corrected chi connectivity index (χ2v) is 5.21. The summed E-state index contributed by atoms with van der Waals surface area (Å²) in [6.07, 6.45) is 3.57. The van der Waals surface area contributed by atoms with Crippen LogP contribution in [-0.4, -0.2) is 27.3 Å². The molecule has 0 aromatic heterocycles. The molecule has 0 aliphatic carbocycles. The number of likely N-dealkylation sites (N-methyl/N-ethyl adjacent to an activating group) is 1. The van der Waals surface area contributed by atoms with Crippen LogP contribution in [0.4, 0.5) is 0 Å². The first-order valence-corrected chi connectivity index (χ1v) is 6.96. The van der Waals surface area contributed by atoms with Crippen LogP contribution in [0.2, 0.25) is 0 Å². The van der Waals surface area contributed by atoms with Gasteiger partial charge in [0.2, 0.25) is 0 Å². The minimum absolute atomic E-state index is 0.592. The number of rotatable bonds is 8. The van der Waals surface area contributed by atoms with Crippen molar-refractivity contribution in [2.45, 2.75) is 25.2 Å². The molecule has 1 aromatic rings. The molecule has 17 heavy (non-hydrogen) atoms. The molecule has 0 bridgehead atoms. The van der Waals surface area contributed by atoms with Gasteiger partial charge in [0.15, 0.2) is 0 Å². The molecule has 2 nitrogen and oxygen atoms in total. The van der Waals surface area contributed by atoms with Gasteiger partial charge >= 0.3 is 0 Å². The van der Waals surface area contributed by atoms with Gasteiger partial charge in [0.05, 0.1) is 0 Å². The Morgan fingerprint density at radius 2 is 2.18 bits per heavy atom. The summed E-state index contributed by atoms with van der Waals surface area (Å²) in [5.74, 6) is 0.592. The first-order valence-electron chi connectivity index (χ1n) is 6.17. The summed E-state index contributed by atoms with van der Waals surface area (Å²) in [6.45, 7) is 1.90. The van der Waals surface area contributed by atoms with Crippen LogP contribution in [0.5, 0.6) is 0 Å². The van der Waals surface area contributed by atoms with E-state index in [0.717, 1.165) is 24.0 Å². The van der Waals surface area contributed by atoms with Gasteiger partial charge in [-0.1, -0.05) is 34.5 Å². The highest BCUT2D eigenvalue weighted by Gasteiger charge is 2.10. The number of halogens is 1. The molecule has 0 aliphatic heterocycles. The highest BCUT2D eigenvalue weighted by Crippen LogP contribution is 2.24. The second kappa shape index (κ2) is 8.67. The minimum Gasteiger partial charge on any atom is -0.385 e. The fourth-order valence-electron chi connectivity index (χ4n) is 2.03. The standard InChI is InChI=1S/C14H22BrNO/c1-16-11-13(6-3-4-9-17-2)12-7-5-8-14(15)10-12/h5,7-8,10,13,16H,3-4,6,9,11H2,1-2H3. The minimum atomic E-state index is 0.592. The molecule has 0 amide bonds. The van der Waals surface area contributed by atoms with E-state index in [-0.39, 0.29) is 0 Å². The lowest BCUT2D eigenvalue weighted by atomic mass is 9.93. The Labute approximate surface area is 113 Å². The van der Waals surface area contributed by atoms with E-state index < -0.39 is 0 Å². The zero-order chi connectivity index (χ0) is 12.5. The summed E-state index contributed by atoms with van der Waals surface area (Å²) in [4.78, 5) is 0. The second-order valence-electron chi connectivity index (χ2n) is 4.30. The van der Waals surface area contributed by atoms with Crippen LogP contribution in [-0.2, 0) is 4.74 Å². The van der Waals surface area contributed by atoms with Crippen LogP contribution in [0.25, 0.3) is 0 Å². The molecule has 0 radical (unpaired) electrons. The first-order chi connectivity index (χ1) is 8.27. The van der Waals surface area contributed by atoms with Crippen molar-refractivity contribution in [1.82, 2.24) is 5.32 Å². The lowest BCUT2D eigenvalue weighted by Crippen LogP contribution is -2.17. The smallest absolute Gasteiger partial charge is 0.0462 e. The Hall–Kier alpha value is -0.380. The molecule has 0 saturated carbocycles. The van der Waals surface area contributed by atoms with Crippen molar-refractivity contribution in [3.8, 4) is 0 Å². The molecule has 3 heteroatoms. The maximum atomic E-state index is 5.09. The fourth-order valence-corrected chi connectivity index (χ4v) is 2.45. The number of hydrogen-bond acceptors (Lipinski definition) is 2. The Kier molecular flexibility index (Phi) is 7.49. The third kappa shape index (κ3) is 5.66. The van der Waals surface area contributed by atoms with E-state index in [1.165, 1.54) is 18.4 Å². The largest absolute Gasteiger partial charge is 0.385 e. The van der Waals surface area contributed by atoms with Crippen LogP contribution in [0.3, 0.4) is 0 Å². The van der Waals surface area contributed by atoms with Crippen molar-refractivity contribution in [2.75, 3.05) is 27.3 Å². The zero-order valence-electron chi connectivity index (χ0n) is 10.7. The molecule has 1 unspecified atom stereocenters. The first kappa shape index (κ1) is 14.7. The van der Waals surface area contributed by atoms with E-state index >= 15 is 0 Å². The van der Waals surface area contributed by atoms with E-state index in [1.54, 1.807) is 7.11 Å². The van der Waals surface area contributed by atoms with Gasteiger partial charge in [-0.2, -0.15) is 0 Å². The van der Waals surface area contributed by atoms with Crippen molar-refractivity contribution < 1.29 is 4.74 Å². The van der Waals surface area contributed by atoms with Crippen molar-refractivity contribution in [2.24, 2.45) is 0 Å². The molecule has 1 aromatic carbocycles. The average Bonchev–Trinajstić information content (AvgIpc) is 2.33. The maximum absolute atomic E-state index is 5.09. The molecule has 1 rings (SSSR count). The summed E-state index contributed by atoms with van der Waals surface area (Å²) in [6, 6.07) is 8.61. The average molecular weight is 300 g/mol. The molecule has 1 N–H and O–H groups in total. The van der Waals surface area contributed by atoms with Crippen LogP contribution < -0.4 is 5.32 Å². The summed E-state index contributed by atoms with van der Waals surface area (Å²) in [7, 11) is 3.78. The number of nitrogens with one attached hydrogen (secondary N) is 1. The van der Waals surface area contributed by atoms with Crippen molar-refractivity contribution in [3.05, 3.63) is 34.3 Å². The molecule has 96 valence electrons. The van der Waals surface area contributed by atoms with Gasteiger partial charge in [0, 0.05) is 24.7 Å². The van der Waals surface area contributed by atoms with Crippen molar-refractivity contribution >= 4 is 15.9 Å². The lowest BCUT2D eigenvalue weighted by Gasteiger charge is -2.17. The monoisotopic (exact) mass is 299 g/mol. The highest BCUT2D eigenvalue weighted by atomic mass is 79.9. The van der Waals surface area contributed by atoms with Crippen LogP contribution >= 0.6 is 15.9 Å². The third-order valence-corrected chi connectivity index (χ3v) is 3.41. The van der Waals surface area contributed by atoms with Crippen LogP contribution in [0.15, 0.2) is 28.7 Å². The van der Waals surface area contributed by atoms with E-state index in [2.05, 4.69) is 45.5 Å². The van der Waals surface area contributed by atoms with Crippen molar-refractivity contribution in [1.29, 1.82) is 0 Å². The van der Waals surface area contributed by atoms with Gasteiger partial charge in [-0.05, 0) is 43.5 Å². The number of hydrogen-bond donors (Lipinski definition) is 1. The third-order valence-electron chi connectivity index (χ3n) is 2.92. The quantitative estimate of drug-likeness (QED) is 0.741. The molecule has 1 atom stereocenters. The van der Waals surface area contributed by atoms with Gasteiger partial charge in [-0.3, -0.25) is 0 Å². The number of methoxy groups -OCH3 is 1. The molecule has 0 aliphatic rings. The number of benzene rings is 1. The van der Waals surface area contributed by atoms with Crippen molar-refractivity contribution in [3.63, 3.8) is 0 Å². The zero-order valence-corrected chi connectivity index (χ0v) is 12.3. The topological polar surface area (TPSA) is 21.3 Å². The molecule has 0 saturated heterocycles. The van der Waals surface area contributed by atoms with E-state index in [9.17, 15) is 0 Å². The number of ether oxygens (including phenoxy) is 1. The predicted octanol–water partition coefficient (Wildman–Crippen LogP) is 3.57. The van der Waals surface area contributed by atoms with E-state index in [4.69, 9.17) is 4.74 Å². The van der Waals surface area contributed by atoms with Gasteiger partial charge in [0.1, 0.15) is 0 Å². The summed E-state index contributed by atoms with van der Waals surface area (Å²) in [5, 5.41) is 3.28.